The first-order chi connectivity index (χ1) is 16.7. The largest absolute Gasteiger partial charge is 0.346 e. The van der Waals surface area contributed by atoms with E-state index >= 15 is 0 Å². The van der Waals surface area contributed by atoms with Crippen molar-refractivity contribution in [1.29, 1.82) is 0 Å². The van der Waals surface area contributed by atoms with Crippen LogP contribution in [0.4, 0.5) is 0 Å². The Bertz CT molecular complexity index is 1110. The van der Waals surface area contributed by atoms with Gasteiger partial charge < -0.3 is 9.88 Å². The van der Waals surface area contributed by atoms with Crippen molar-refractivity contribution in [1.82, 2.24) is 14.9 Å². The first-order valence-electron chi connectivity index (χ1n) is 13.4. The molecule has 0 spiro atoms. The van der Waals surface area contributed by atoms with Gasteiger partial charge in [0.25, 0.3) is 0 Å². The number of ketones is 1. The third-order valence-electron chi connectivity index (χ3n) is 8.07. The average Bonchev–Trinajstić information content (AvgIpc) is 3.22. The maximum Gasteiger partial charge on any atom is 0.134 e. The number of benzene rings is 1. The third kappa shape index (κ3) is 6.34. The van der Waals surface area contributed by atoms with Gasteiger partial charge in [-0.25, -0.2) is 0 Å². The highest BCUT2D eigenvalue weighted by Crippen LogP contribution is 2.36. The molecule has 5 rings (SSSR count). The van der Waals surface area contributed by atoms with Crippen LogP contribution in [0, 0.1) is 18.8 Å². The summed E-state index contributed by atoms with van der Waals surface area (Å²) in [6.45, 7) is 5.28. The van der Waals surface area contributed by atoms with Gasteiger partial charge in [-0.05, 0) is 75.2 Å². The number of fused-ring (bicyclic) bond motifs is 1. The zero-order chi connectivity index (χ0) is 23.3. The van der Waals surface area contributed by atoms with Gasteiger partial charge in [0.15, 0.2) is 0 Å². The second kappa shape index (κ2) is 12.2. The molecule has 1 aromatic carbocycles. The number of halogens is 1. The summed E-state index contributed by atoms with van der Waals surface area (Å²) in [4.78, 5) is 18.2. The molecule has 3 heterocycles. The third-order valence-corrected chi connectivity index (χ3v) is 8.07. The fourth-order valence-corrected chi connectivity index (χ4v) is 6.22. The molecule has 1 aliphatic carbocycles. The van der Waals surface area contributed by atoms with Gasteiger partial charge in [-0.1, -0.05) is 49.1 Å². The fourth-order valence-electron chi connectivity index (χ4n) is 6.22. The number of nitrogens with zero attached hydrogens (tertiary/aromatic N) is 2. The predicted molar refractivity (Wildman–Crippen MR) is 146 cm³/mol. The lowest BCUT2D eigenvalue weighted by molar-refractivity contribution is -0.120. The summed E-state index contributed by atoms with van der Waals surface area (Å²) in [6.07, 6.45) is 14.5. The molecule has 2 aliphatic rings. The number of rotatable bonds is 8. The Kier molecular flexibility index (Phi) is 9.02. The minimum atomic E-state index is 0. The van der Waals surface area contributed by atoms with Crippen LogP contribution in [0.1, 0.15) is 80.4 Å². The quantitative estimate of drug-likeness (QED) is 0.374. The lowest BCUT2D eigenvalue weighted by Crippen LogP contribution is -2.29. The van der Waals surface area contributed by atoms with Crippen LogP contribution in [0.15, 0.2) is 48.8 Å². The van der Waals surface area contributed by atoms with Gasteiger partial charge >= 0.3 is 0 Å². The summed E-state index contributed by atoms with van der Waals surface area (Å²) in [7, 11) is 0. The molecule has 0 radical (unpaired) electrons. The number of piperidine rings is 1. The molecular weight excluding hydrogens is 454 g/mol. The smallest absolute Gasteiger partial charge is 0.134 e. The van der Waals surface area contributed by atoms with Crippen LogP contribution in [-0.4, -0.2) is 28.4 Å². The number of carbonyl (C=O) groups excluding carboxylic acids is 1. The molecule has 1 saturated heterocycles. The van der Waals surface area contributed by atoms with Crippen LogP contribution >= 0.6 is 12.4 Å². The molecule has 35 heavy (non-hydrogen) atoms. The molecule has 188 valence electrons. The van der Waals surface area contributed by atoms with Crippen molar-refractivity contribution in [2.24, 2.45) is 11.8 Å². The predicted octanol–water partition coefficient (Wildman–Crippen LogP) is 6.83. The zero-order valence-corrected chi connectivity index (χ0v) is 21.9. The zero-order valence-electron chi connectivity index (χ0n) is 21.0. The summed E-state index contributed by atoms with van der Waals surface area (Å²) in [5, 5.41) is 3.42. The Morgan fingerprint density at radius 1 is 1.06 bits per heavy atom. The van der Waals surface area contributed by atoms with Crippen LogP contribution in [0.5, 0.6) is 0 Å². The van der Waals surface area contributed by atoms with Crippen LogP contribution in [-0.2, 0) is 11.3 Å². The van der Waals surface area contributed by atoms with Gasteiger partial charge in [0.05, 0.1) is 11.0 Å². The minimum Gasteiger partial charge on any atom is -0.346 e. The Hall–Kier alpha value is -2.17. The highest BCUT2D eigenvalue weighted by molar-refractivity contribution is 5.85. The molecule has 2 fully saturated rings. The Balaban J connectivity index is 0.00000289. The summed E-state index contributed by atoms with van der Waals surface area (Å²) in [6, 6.07) is 13.0. The number of nitrogens with one attached hydrogen (secondary N) is 1. The number of Topliss-reactive ketones (excluding diaryl/α,β-unsaturated/α-hetero) is 1. The van der Waals surface area contributed by atoms with E-state index in [9.17, 15) is 4.79 Å². The minimum absolute atomic E-state index is 0. The van der Waals surface area contributed by atoms with Crippen LogP contribution in [0.3, 0.4) is 0 Å². The van der Waals surface area contributed by atoms with Gasteiger partial charge in [-0.3, -0.25) is 9.78 Å². The van der Waals surface area contributed by atoms with E-state index in [1.54, 1.807) is 0 Å². The van der Waals surface area contributed by atoms with Crippen LogP contribution in [0.2, 0.25) is 0 Å². The van der Waals surface area contributed by atoms with E-state index in [0.29, 0.717) is 24.5 Å². The highest BCUT2D eigenvalue weighted by atomic mass is 35.5. The summed E-state index contributed by atoms with van der Waals surface area (Å²) in [5.74, 6) is 1.72. The topological polar surface area (TPSA) is 46.9 Å². The monoisotopic (exact) mass is 493 g/mol. The van der Waals surface area contributed by atoms with Crippen molar-refractivity contribution in [2.75, 3.05) is 13.1 Å². The number of pyridine rings is 1. The molecule has 1 unspecified atom stereocenters. The molecule has 1 saturated carbocycles. The van der Waals surface area contributed by atoms with E-state index in [0.717, 1.165) is 43.9 Å². The van der Waals surface area contributed by atoms with Crippen molar-refractivity contribution in [3.8, 4) is 0 Å². The standard InChI is InChI=1S/C30H39N3O.ClH/c1-22-7-5-10-25(17-22)27(19-26(34)18-23-12-15-31-16-13-23)28-21-33(20-24-8-3-2-4-9-24)29-11-6-14-32-30(28)29;/h5-7,10-11,14,17,21,23-24,27,31H,2-4,8-9,12-13,15-16,18-20H2,1H3;1H. The second-order valence-corrected chi connectivity index (χ2v) is 10.7. The molecule has 4 nitrogen and oxygen atoms in total. The summed E-state index contributed by atoms with van der Waals surface area (Å²) in [5.41, 5.74) is 5.98. The van der Waals surface area contributed by atoms with Crippen molar-refractivity contribution in [3.05, 3.63) is 65.5 Å². The molecule has 1 aliphatic heterocycles. The molecular formula is C30H40ClN3O. The lowest BCUT2D eigenvalue weighted by atomic mass is 9.84. The first kappa shape index (κ1) is 25.9. The fraction of sp³-hybridized carbons (Fsp3) is 0.533. The molecule has 3 aromatic rings. The van der Waals surface area contributed by atoms with Gasteiger partial charge in [0.1, 0.15) is 5.78 Å². The average molecular weight is 494 g/mol. The molecule has 0 bridgehead atoms. The van der Waals surface area contributed by atoms with Crippen molar-refractivity contribution in [3.63, 3.8) is 0 Å². The number of aryl methyl sites for hydroxylation is 1. The van der Waals surface area contributed by atoms with Crippen molar-refractivity contribution in [2.45, 2.75) is 77.2 Å². The molecule has 1 N–H and O–H groups in total. The van der Waals surface area contributed by atoms with E-state index in [1.807, 2.05) is 12.3 Å². The van der Waals surface area contributed by atoms with Crippen LogP contribution in [0.25, 0.3) is 11.0 Å². The van der Waals surface area contributed by atoms with Crippen LogP contribution < -0.4 is 5.32 Å². The summed E-state index contributed by atoms with van der Waals surface area (Å²) < 4.78 is 2.44. The SMILES string of the molecule is Cc1cccc(C(CC(=O)CC2CCNCC2)c2cn(CC3CCCCC3)c3cccnc23)c1.Cl. The van der Waals surface area contributed by atoms with Crippen molar-refractivity contribution < 1.29 is 4.79 Å². The van der Waals surface area contributed by atoms with Gasteiger partial charge in [0.2, 0.25) is 0 Å². The number of aromatic nitrogens is 2. The molecule has 1 atom stereocenters. The first-order valence-corrected chi connectivity index (χ1v) is 13.4. The molecule has 2 aromatic heterocycles. The molecule has 5 heteroatoms. The normalized spacial score (nSPS) is 18.3. The number of hydrogen-bond donors (Lipinski definition) is 1. The van der Waals surface area contributed by atoms with E-state index in [4.69, 9.17) is 4.98 Å². The Morgan fingerprint density at radius 3 is 2.63 bits per heavy atom. The van der Waals surface area contributed by atoms with Gasteiger partial charge in [-0.15, -0.1) is 12.4 Å². The van der Waals surface area contributed by atoms with Gasteiger partial charge in [0, 0.05) is 43.3 Å². The van der Waals surface area contributed by atoms with E-state index in [-0.39, 0.29) is 18.3 Å². The highest BCUT2D eigenvalue weighted by Gasteiger charge is 2.26. The van der Waals surface area contributed by atoms with E-state index in [2.05, 4.69) is 53.3 Å². The maximum atomic E-state index is 13.4. The maximum absolute atomic E-state index is 13.4. The lowest BCUT2D eigenvalue weighted by Gasteiger charge is -2.23. The second-order valence-electron chi connectivity index (χ2n) is 10.7. The summed E-state index contributed by atoms with van der Waals surface area (Å²) >= 11 is 0. The van der Waals surface area contributed by atoms with E-state index < -0.39 is 0 Å². The van der Waals surface area contributed by atoms with Crippen molar-refractivity contribution >= 4 is 29.2 Å². The Morgan fingerprint density at radius 2 is 1.86 bits per heavy atom. The Labute approximate surface area is 216 Å². The number of hydrogen-bond acceptors (Lipinski definition) is 3. The van der Waals surface area contributed by atoms with E-state index in [1.165, 1.54) is 54.3 Å². The number of carbonyl (C=O) groups is 1. The van der Waals surface area contributed by atoms with Gasteiger partial charge in [-0.2, -0.15) is 0 Å². The molecule has 0 amide bonds.